The van der Waals surface area contributed by atoms with Crippen molar-refractivity contribution in [2.45, 2.75) is 19.3 Å². The second-order valence-corrected chi connectivity index (χ2v) is 16.4. The Morgan fingerprint density at radius 3 is 1.98 bits per heavy atom. The van der Waals surface area contributed by atoms with E-state index in [1.54, 1.807) is 0 Å². The number of furan rings is 3. The molecule has 59 heavy (non-hydrogen) atoms. The Bertz CT molecular complexity index is 3730. The summed E-state index contributed by atoms with van der Waals surface area (Å²) in [5.74, 6) is 0. The third-order valence-corrected chi connectivity index (χ3v) is 12.8. The third-order valence-electron chi connectivity index (χ3n) is 12.8. The van der Waals surface area contributed by atoms with Gasteiger partial charge in [-0.1, -0.05) is 135 Å². The summed E-state index contributed by atoms with van der Waals surface area (Å²) in [6.45, 7) is 4.67. The molecule has 0 fully saturated rings. The van der Waals surface area contributed by atoms with Gasteiger partial charge in [0.05, 0.1) is 16.8 Å². The lowest BCUT2D eigenvalue weighted by Crippen LogP contribution is -2.16. The van der Waals surface area contributed by atoms with Gasteiger partial charge in [0.1, 0.15) is 27.9 Å². The van der Waals surface area contributed by atoms with E-state index in [2.05, 4.69) is 176 Å². The minimum Gasteiger partial charge on any atom is -0.456 e. The first-order valence-corrected chi connectivity index (χ1v) is 20.2. The Kier molecular flexibility index (Phi) is 6.48. The van der Waals surface area contributed by atoms with Crippen LogP contribution in [-0.4, -0.2) is 0 Å². The maximum Gasteiger partial charge on any atom is 0.159 e. The lowest BCUT2D eigenvalue weighted by atomic mass is 9.82. The SMILES string of the molecule is CC1(C)c2ccccc2-c2ccc(N(c3cccc4c3oc3ccccc34)c3cccc4oc5c(-c6ccc7ccccc7c6)c6c(cc5c34)oc3ccccc36)cc21. The molecule has 0 saturated carbocycles. The van der Waals surface area contributed by atoms with Gasteiger partial charge in [0, 0.05) is 43.6 Å². The molecule has 0 aliphatic heterocycles. The highest BCUT2D eigenvalue weighted by molar-refractivity contribution is 6.26. The van der Waals surface area contributed by atoms with Crippen molar-refractivity contribution in [2.24, 2.45) is 0 Å². The Hall–Kier alpha value is -7.56. The standard InChI is InChI=1S/C55H35NO3/c1-55(2)42-19-8-5-15-36(42)37-28-27-35(30-43(37)55)56(45-21-11-18-39-38-16-6-9-22-46(38)58-53(39)45)44-20-12-24-48-51(44)41-31-49-52(40-17-7-10-23-47(40)57-49)50(54(41)59-48)34-26-25-32-13-3-4-14-33(32)29-34/h3-31H,1-2H3. The summed E-state index contributed by atoms with van der Waals surface area (Å²) in [7, 11) is 0. The number of nitrogens with zero attached hydrogens (tertiary/aromatic N) is 1. The number of hydrogen-bond donors (Lipinski definition) is 0. The van der Waals surface area contributed by atoms with E-state index in [0.29, 0.717) is 0 Å². The lowest BCUT2D eigenvalue weighted by molar-refractivity contribution is 0.660. The number of anilines is 3. The molecule has 278 valence electrons. The first kappa shape index (κ1) is 32.5. The third kappa shape index (κ3) is 4.49. The summed E-state index contributed by atoms with van der Waals surface area (Å²) in [4.78, 5) is 2.37. The van der Waals surface area contributed by atoms with E-state index in [1.165, 1.54) is 33.0 Å². The molecule has 0 bridgehead atoms. The molecule has 0 unspecified atom stereocenters. The minimum absolute atomic E-state index is 0.186. The quantitative estimate of drug-likeness (QED) is 0.179. The van der Waals surface area contributed by atoms with Crippen molar-refractivity contribution in [3.63, 3.8) is 0 Å². The van der Waals surface area contributed by atoms with Crippen LogP contribution in [0, 0.1) is 0 Å². The molecule has 0 amide bonds. The number of hydrogen-bond acceptors (Lipinski definition) is 4. The summed E-state index contributed by atoms with van der Waals surface area (Å²) in [5, 5.41) is 8.63. The Labute approximate surface area is 339 Å². The van der Waals surface area contributed by atoms with Gasteiger partial charge in [-0.25, -0.2) is 0 Å². The predicted molar refractivity (Wildman–Crippen MR) is 243 cm³/mol. The number of para-hydroxylation sites is 3. The first-order valence-electron chi connectivity index (χ1n) is 20.2. The van der Waals surface area contributed by atoms with Gasteiger partial charge in [-0.15, -0.1) is 0 Å². The van der Waals surface area contributed by atoms with Crippen molar-refractivity contribution in [2.75, 3.05) is 4.90 Å². The van der Waals surface area contributed by atoms with E-state index < -0.39 is 0 Å². The molecule has 13 rings (SSSR count). The van der Waals surface area contributed by atoms with Crippen LogP contribution in [0.3, 0.4) is 0 Å². The van der Waals surface area contributed by atoms with Crippen LogP contribution in [0.1, 0.15) is 25.0 Å². The fourth-order valence-corrected chi connectivity index (χ4v) is 10.1. The zero-order valence-corrected chi connectivity index (χ0v) is 32.4. The predicted octanol–water partition coefficient (Wildman–Crippen LogP) is 16.0. The Morgan fingerprint density at radius 1 is 0.407 bits per heavy atom. The van der Waals surface area contributed by atoms with Crippen molar-refractivity contribution in [1.82, 2.24) is 0 Å². The van der Waals surface area contributed by atoms with Crippen LogP contribution in [0.2, 0.25) is 0 Å². The molecular weight excluding hydrogens is 723 g/mol. The van der Waals surface area contributed by atoms with Gasteiger partial charge in [0.25, 0.3) is 0 Å². The van der Waals surface area contributed by atoms with Crippen LogP contribution in [-0.2, 0) is 5.41 Å². The summed E-state index contributed by atoms with van der Waals surface area (Å²) in [5.41, 5.74) is 15.1. The molecule has 0 radical (unpaired) electrons. The lowest BCUT2D eigenvalue weighted by Gasteiger charge is -2.28. The van der Waals surface area contributed by atoms with Gasteiger partial charge < -0.3 is 18.2 Å². The van der Waals surface area contributed by atoms with E-state index in [0.717, 1.165) is 94.0 Å². The van der Waals surface area contributed by atoms with E-state index in [9.17, 15) is 0 Å². The van der Waals surface area contributed by atoms with E-state index in [-0.39, 0.29) is 5.41 Å². The van der Waals surface area contributed by atoms with Crippen molar-refractivity contribution in [1.29, 1.82) is 0 Å². The average Bonchev–Trinajstić information content (AvgIpc) is 4.01. The van der Waals surface area contributed by atoms with Crippen LogP contribution in [0.4, 0.5) is 17.1 Å². The van der Waals surface area contributed by atoms with Gasteiger partial charge in [0.15, 0.2) is 5.58 Å². The molecule has 4 heteroatoms. The average molecular weight is 758 g/mol. The summed E-state index contributed by atoms with van der Waals surface area (Å²) < 4.78 is 20.7. The molecule has 4 nitrogen and oxygen atoms in total. The second-order valence-electron chi connectivity index (χ2n) is 16.4. The van der Waals surface area contributed by atoms with E-state index >= 15 is 0 Å². The van der Waals surface area contributed by atoms with Gasteiger partial charge in [-0.3, -0.25) is 0 Å². The summed E-state index contributed by atoms with van der Waals surface area (Å²) in [6, 6.07) is 62.7. The molecule has 3 heterocycles. The fourth-order valence-electron chi connectivity index (χ4n) is 10.1. The van der Waals surface area contributed by atoms with E-state index in [1.807, 2.05) is 18.2 Å². The highest BCUT2D eigenvalue weighted by atomic mass is 16.3. The highest BCUT2D eigenvalue weighted by Crippen LogP contribution is 2.53. The van der Waals surface area contributed by atoms with Crippen LogP contribution >= 0.6 is 0 Å². The highest BCUT2D eigenvalue weighted by Gasteiger charge is 2.36. The molecule has 9 aromatic carbocycles. The Balaban J connectivity index is 1.14. The molecule has 0 spiro atoms. The van der Waals surface area contributed by atoms with Crippen molar-refractivity contribution < 1.29 is 13.3 Å². The van der Waals surface area contributed by atoms with Crippen LogP contribution in [0.25, 0.3) is 98.8 Å². The van der Waals surface area contributed by atoms with Gasteiger partial charge in [-0.05, 0) is 93.2 Å². The van der Waals surface area contributed by atoms with Crippen LogP contribution in [0.5, 0.6) is 0 Å². The van der Waals surface area contributed by atoms with Crippen LogP contribution < -0.4 is 4.90 Å². The Morgan fingerprint density at radius 2 is 1.08 bits per heavy atom. The van der Waals surface area contributed by atoms with Crippen LogP contribution in [0.15, 0.2) is 189 Å². The zero-order chi connectivity index (χ0) is 39.0. The molecule has 1 aliphatic carbocycles. The number of benzene rings is 9. The summed E-state index contributed by atoms with van der Waals surface area (Å²) in [6.07, 6.45) is 0. The maximum absolute atomic E-state index is 7.13. The molecule has 3 aromatic heterocycles. The van der Waals surface area contributed by atoms with Gasteiger partial charge >= 0.3 is 0 Å². The van der Waals surface area contributed by atoms with Gasteiger partial charge in [-0.2, -0.15) is 0 Å². The molecule has 1 aliphatic rings. The largest absolute Gasteiger partial charge is 0.456 e. The zero-order valence-electron chi connectivity index (χ0n) is 32.4. The molecule has 0 N–H and O–H groups in total. The molecule has 0 atom stereocenters. The molecule has 0 saturated heterocycles. The van der Waals surface area contributed by atoms with Crippen molar-refractivity contribution >= 4 is 93.7 Å². The maximum atomic E-state index is 7.13. The topological polar surface area (TPSA) is 42.7 Å². The first-order chi connectivity index (χ1) is 29.0. The smallest absolute Gasteiger partial charge is 0.159 e. The van der Waals surface area contributed by atoms with Crippen molar-refractivity contribution in [3.05, 3.63) is 187 Å². The molecule has 12 aromatic rings. The second kappa shape index (κ2) is 11.7. The normalized spacial score (nSPS) is 13.4. The molecular formula is C55H35NO3. The number of fused-ring (bicyclic) bond motifs is 13. The summed E-state index contributed by atoms with van der Waals surface area (Å²) >= 11 is 0. The monoisotopic (exact) mass is 757 g/mol. The number of rotatable bonds is 4. The van der Waals surface area contributed by atoms with Crippen molar-refractivity contribution in [3.8, 4) is 22.3 Å². The van der Waals surface area contributed by atoms with E-state index in [4.69, 9.17) is 13.3 Å². The fraction of sp³-hybridized carbons (Fsp3) is 0.0545. The minimum atomic E-state index is -0.186. The van der Waals surface area contributed by atoms with Gasteiger partial charge in [0.2, 0.25) is 0 Å².